The van der Waals surface area contributed by atoms with E-state index in [9.17, 15) is 9.50 Å². The Morgan fingerprint density at radius 3 is 2.74 bits per heavy atom. The average molecular weight is 315 g/mol. The maximum Gasteiger partial charge on any atom is 0.152 e. The second-order valence-electron chi connectivity index (χ2n) is 5.38. The second-order valence-corrected chi connectivity index (χ2v) is 5.38. The number of aliphatic hydroxyl groups is 1. The summed E-state index contributed by atoms with van der Waals surface area (Å²) in [5.74, 6) is 1.25. The molecule has 0 saturated heterocycles. The predicted octanol–water partition coefficient (Wildman–Crippen LogP) is 2.94. The van der Waals surface area contributed by atoms with E-state index >= 15 is 0 Å². The van der Waals surface area contributed by atoms with Crippen LogP contribution in [0.3, 0.4) is 0 Å². The van der Waals surface area contributed by atoms with Crippen LogP contribution < -0.4 is 5.32 Å². The first-order chi connectivity index (χ1) is 11.1. The monoisotopic (exact) mass is 315 g/mol. The summed E-state index contributed by atoms with van der Waals surface area (Å²) < 4.78 is 18.5. The molecule has 0 amide bonds. The van der Waals surface area contributed by atoms with E-state index in [4.69, 9.17) is 4.42 Å². The van der Waals surface area contributed by atoms with Crippen LogP contribution in [0.15, 0.2) is 47.0 Å². The summed E-state index contributed by atoms with van der Waals surface area (Å²) in [5, 5.41) is 20.2. The minimum atomic E-state index is -0.697. The fraction of sp³-hybridized carbons (Fsp3) is 0.235. The predicted molar refractivity (Wildman–Crippen MR) is 84.1 cm³/mol. The van der Waals surface area contributed by atoms with E-state index in [1.807, 2.05) is 19.1 Å². The number of aromatic nitrogens is 2. The molecule has 0 aliphatic carbocycles. The van der Waals surface area contributed by atoms with Crippen molar-refractivity contribution in [3.63, 3.8) is 0 Å². The quantitative estimate of drug-likeness (QED) is 0.654. The number of nitrogens with one attached hydrogen (secondary N) is 2. The molecule has 1 aromatic carbocycles. The van der Waals surface area contributed by atoms with Gasteiger partial charge >= 0.3 is 0 Å². The van der Waals surface area contributed by atoms with E-state index in [0.29, 0.717) is 18.7 Å². The highest BCUT2D eigenvalue weighted by Gasteiger charge is 2.12. The third kappa shape index (κ3) is 3.67. The normalized spacial score (nSPS) is 12.5. The van der Waals surface area contributed by atoms with Crippen LogP contribution in [-0.4, -0.2) is 21.8 Å². The van der Waals surface area contributed by atoms with Crippen molar-refractivity contribution in [2.24, 2.45) is 0 Å². The summed E-state index contributed by atoms with van der Waals surface area (Å²) in [7, 11) is 0. The number of hydrogen-bond acceptors (Lipinski definition) is 4. The number of hydrogen-bond donors (Lipinski definition) is 3. The van der Waals surface area contributed by atoms with Gasteiger partial charge < -0.3 is 14.8 Å². The number of nitrogens with zero attached hydrogens (tertiary/aromatic N) is 1. The van der Waals surface area contributed by atoms with Crippen molar-refractivity contribution in [1.29, 1.82) is 0 Å². The largest absolute Gasteiger partial charge is 0.460 e. The van der Waals surface area contributed by atoms with E-state index in [-0.39, 0.29) is 5.82 Å². The lowest BCUT2D eigenvalue weighted by Crippen LogP contribution is -2.21. The van der Waals surface area contributed by atoms with Crippen LogP contribution in [0.5, 0.6) is 0 Å². The molecule has 23 heavy (non-hydrogen) atoms. The smallest absolute Gasteiger partial charge is 0.152 e. The van der Waals surface area contributed by atoms with Crippen molar-refractivity contribution in [2.75, 3.05) is 6.54 Å². The van der Waals surface area contributed by atoms with Gasteiger partial charge in [0.25, 0.3) is 0 Å². The Morgan fingerprint density at radius 2 is 2.04 bits per heavy atom. The number of H-pyrrole nitrogens is 1. The number of aliphatic hydroxyl groups excluding tert-OH is 1. The van der Waals surface area contributed by atoms with Gasteiger partial charge in [-0.05, 0) is 36.8 Å². The fourth-order valence-corrected chi connectivity index (χ4v) is 2.37. The molecule has 0 unspecified atom stereocenters. The van der Waals surface area contributed by atoms with E-state index in [1.54, 1.807) is 18.3 Å². The molecule has 2 heterocycles. The van der Waals surface area contributed by atoms with Crippen molar-refractivity contribution in [2.45, 2.75) is 19.6 Å². The Bertz CT molecular complexity index is 764. The third-order valence-electron chi connectivity index (χ3n) is 3.61. The van der Waals surface area contributed by atoms with Gasteiger partial charge in [0.2, 0.25) is 0 Å². The number of benzene rings is 1. The summed E-state index contributed by atoms with van der Waals surface area (Å²) in [4.78, 5) is 0. The molecule has 6 heteroatoms. The van der Waals surface area contributed by atoms with Crippen molar-refractivity contribution in [3.8, 4) is 11.5 Å². The molecule has 5 nitrogen and oxygen atoms in total. The van der Waals surface area contributed by atoms with Crippen molar-refractivity contribution in [1.82, 2.24) is 15.5 Å². The summed E-state index contributed by atoms with van der Waals surface area (Å²) in [6, 6.07) is 9.62. The van der Waals surface area contributed by atoms with E-state index in [1.165, 1.54) is 12.1 Å². The lowest BCUT2D eigenvalue weighted by Gasteiger charge is -2.12. The molecule has 0 aliphatic heterocycles. The topological polar surface area (TPSA) is 74.1 Å². The molecule has 0 fully saturated rings. The molecule has 3 N–H and O–H groups in total. The second kappa shape index (κ2) is 6.76. The van der Waals surface area contributed by atoms with Gasteiger partial charge in [-0.1, -0.05) is 12.1 Å². The summed E-state index contributed by atoms with van der Waals surface area (Å²) >= 11 is 0. The zero-order valence-corrected chi connectivity index (χ0v) is 12.7. The maximum absolute atomic E-state index is 12.9. The van der Waals surface area contributed by atoms with Crippen LogP contribution in [0.2, 0.25) is 0 Å². The molecule has 3 rings (SSSR count). The lowest BCUT2D eigenvalue weighted by molar-refractivity contribution is 0.174. The van der Waals surface area contributed by atoms with Crippen molar-refractivity contribution >= 4 is 0 Å². The molecule has 120 valence electrons. The summed E-state index contributed by atoms with van der Waals surface area (Å²) in [5.41, 5.74) is 2.44. The van der Waals surface area contributed by atoms with Gasteiger partial charge in [-0.3, -0.25) is 5.10 Å². The Labute approximate surface area is 133 Å². The Balaban J connectivity index is 1.59. The molecule has 0 radical (unpaired) electrons. The first-order valence-corrected chi connectivity index (χ1v) is 7.37. The van der Waals surface area contributed by atoms with Crippen LogP contribution in [0.25, 0.3) is 11.5 Å². The van der Waals surface area contributed by atoms with Gasteiger partial charge in [0.05, 0.1) is 12.3 Å². The first-order valence-electron chi connectivity index (χ1n) is 7.37. The van der Waals surface area contributed by atoms with Gasteiger partial charge in [0.1, 0.15) is 17.3 Å². The number of aromatic amines is 1. The van der Waals surface area contributed by atoms with Crippen molar-refractivity contribution < 1.29 is 13.9 Å². The number of rotatable bonds is 6. The van der Waals surface area contributed by atoms with E-state index < -0.39 is 6.10 Å². The molecule has 0 aliphatic rings. The highest BCUT2D eigenvalue weighted by atomic mass is 19.1. The van der Waals surface area contributed by atoms with Crippen LogP contribution in [0, 0.1) is 12.7 Å². The lowest BCUT2D eigenvalue weighted by atomic mass is 10.1. The SMILES string of the molecule is Cc1ccc(-c2[nH]ncc2CNC[C@H](O)c2ccc(F)cc2)o1. The molecule has 0 saturated carbocycles. The molecule has 1 atom stereocenters. The summed E-state index contributed by atoms with van der Waals surface area (Å²) in [6.45, 7) is 2.77. The first kappa shape index (κ1) is 15.5. The maximum atomic E-state index is 12.9. The minimum Gasteiger partial charge on any atom is -0.460 e. The van der Waals surface area contributed by atoms with Crippen LogP contribution >= 0.6 is 0 Å². The van der Waals surface area contributed by atoms with Crippen LogP contribution in [0.4, 0.5) is 4.39 Å². The fourth-order valence-electron chi connectivity index (χ4n) is 2.37. The molecular formula is C17H18FN3O2. The molecule has 3 aromatic rings. The highest BCUT2D eigenvalue weighted by Crippen LogP contribution is 2.23. The standard InChI is InChI=1S/C17H18FN3O2/c1-11-2-7-16(23-11)17-13(9-20-21-17)8-19-10-15(22)12-3-5-14(18)6-4-12/h2-7,9,15,19,22H,8,10H2,1H3,(H,20,21)/t15-/m0/s1. The Hall–Kier alpha value is -2.44. The Morgan fingerprint density at radius 1 is 1.26 bits per heavy atom. The zero-order valence-electron chi connectivity index (χ0n) is 12.7. The van der Waals surface area contributed by atoms with Crippen LogP contribution in [-0.2, 0) is 6.54 Å². The third-order valence-corrected chi connectivity index (χ3v) is 3.61. The van der Waals surface area contributed by atoms with Gasteiger partial charge in [-0.15, -0.1) is 0 Å². The minimum absolute atomic E-state index is 0.314. The van der Waals surface area contributed by atoms with E-state index in [2.05, 4.69) is 15.5 Å². The molecule has 0 spiro atoms. The number of halogens is 1. The molecule has 0 bridgehead atoms. The molecule has 2 aromatic heterocycles. The molecular weight excluding hydrogens is 297 g/mol. The Kier molecular flexibility index (Phi) is 4.55. The highest BCUT2D eigenvalue weighted by molar-refractivity contribution is 5.56. The average Bonchev–Trinajstić information content (AvgIpc) is 3.16. The van der Waals surface area contributed by atoms with Gasteiger partial charge in [-0.25, -0.2) is 4.39 Å². The van der Waals surface area contributed by atoms with Gasteiger partial charge in [-0.2, -0.15) is 5.10 Å². The number of aryl methyl sites for hydroxylation is 1. The van der Waals surface area contributed by atoms with Gasteiger partial charge in [0, 0.05) is 18.7 Å². The number of furan rings is 1. The van der Waals surface area contributed by atoms with E-state index in [0.717, 1.165) is 22.8 Å². The zero-order chi connectivity index (χ0) is 16.2. The van der Waals surface area contributed by atoms with Gasteiger partial charge in [0.15, 0.2) is 5.76 Å². The summed E-state index contributed by atoms with van der Waals surface area (Å²) in [6.07, 6.45) is 1.03. The van der Waals surface area contributed by atoms with Crippen molar-refractivity contribution in [3.05, 3.63) is 65.3 Å². The van der Waals surface area contributed by atoms with Crippen LogP contribution in [0.1, 0.15) is 23.0 Å².